The summed E-state index contributed by atoms with van der Waals surface area (Å²) in [4.78, 5) is 0. The fourth-order valence-electron chi connectivity index (χ4n) is 3.42. The zero-order valence-electron chi connectivity index (χ0n) is 10.4. The molecule has 0 saturated carbocycles. The number of nitrogens with one attached hydrogen (secondary N) is 1. The molecule has 2 nitrogen and oxygen atoms in total. The molecule has 2 bridgehead atoms. The molecule has 0 aromatic heterocycles. The van der Waals surface area contributed by atoms with E-state index in [9.17, 15) is 0 Å². The van der Waals surface area contributed by atoms with E-state index in [0.29, 0.717) is 24.2 Å². The van der Waals surface area contributed by atoms with Crippen LogP contribution in [0.2, 0.25) is 0 Å². The van der Waals surface area contributed by atoms with E-state index in [4.69, 9.17) is 4.74 Å². The molecule has 1 aromatic carbocycles. The summed E-state index contributed by atoms with van der Waals surface area (Å²) in [6.45, 7) is 3.21. The summed E-state index contributed by atoms with van der Waals surface area (Å²) < 4.78 is 5.99. The topological polar surface area (TPSA) is 21.3 Å². The molecule has 2 aliphatic rings. The predicted octanol–water partition coefficient (Wildman–Crippen LogP) is 2.90. The summed E-state index contributed by atoms with van der Waals surface area (Å²) in [5.74, 6) is 0.663. The molecule has 17 heavy (non-hydrogen) atoms. The second-order valence-corrected chi connectivity index (χ2v) is 5.22. The Kier molecular flexibility index (Phi) is 3.17. The highest BCUT2D eigenvalue weighted by atomic mass is 16.5. The molecule has 0 spiro atoms. The lowest BCUT2D eigenvalue weighted by Crippen LogP contribution is -2.33. The molecule has 1 aromatic rings. The van der Waals surface area contributed by atoms with Gasteiger partial charge in [-0.3, -0.25) is 0 Å². The molecule has 2 aliphatic heterocycles. The Morgan fingerprint density at radius 3 is 2.71 bits per heavy atom. The first-order valence-corrected chi connectivity index (χ1v) is 6.82. The van der Waals surface area contributed by atoms with Gasteiger partial charge in [0, 0.05) is 12.0 Å². The van der Waals surface area contributed by atoms with E-state index in [2.05, 4.69) is 42.6 Å². The van der Waals surface area contributed by atoms with Crippen molar-refractivity contribution in [1.82, 2.24) is 5.32 Å². The van der Waals surface area contributed by atoms with E-state index in [0.717, 1.165) is 6.54 Å². The summed E-state index contributed by atoms with van der Waals surface area (Å²) in [7, 11) is 0. The van der Waals surface area contributed by atoms with Crippen LogP contribution in [0.3, 0.4) is 0 Å². The Labute approximate surface area is 103 Å². The standard InChI is InChI=1S/C15H21NO/c1-2-16-15(11-6-4-3-5-7-11)13-10-12-8-9-14(13)17-12/h3-7,12-16H,2,8-10H2,1H3. The highest BCUT2D eigenvalue weighted by Crippen LogP contribution is 2.44. The Balaban J connectivity index is 1.81. The minimum absolute atomic E-state index is 0.469. The smallest absolute Gasteiger partial charge is 0.0627 e. The average molecular weight is 231 g/mol. The summed E-state index contributed by atoms with van der Waals surface area (Å²) in [5.41, 5.74) is 1.41. The average Bonchev–Trinajstić information content (AvgIpc) is 2.99. The minimum atomic E-state index is 0.469. The highest BCUT2D eigenvalue weighted by Gasteiger charge is 2.44. The largest absolute Gasteiger partial charge is 0.375 e. The molecular weight excluding hydrogens is 210 g/mol. The highest BCUT2D eigenvalue weighted by molar-refractivity contribution is 5.21. The zero-order chi connectivity index (χ0) is 11.7. The molecule has 2 fully saturated rings. The van der Waals surface area contributed by atoms with Gasteiger partial charge in [-0.05, 0) is 31.4 Å². The van der Waals surface area contributed by atoms with Gasteiger partial charge in [-0.25, -0.2) is 0 Å². The Morgan fingerprint density at radius 2 is 2.12 bits per heavy atom. The van der Waals surface area contributed by atoms with E-state index < -0.39 is 0 Å². The van der Waals surface area contributed by atoms with E-state index >= 15 is 0 Å². The van der Waals surface area contributed by atoms with Crippen molar-refractivity contribution in [3.05, 3.63) is 35.9 Å². The van der Waals surface area contributed by atoms with Crippen LogP contribution >= 0.6 is 0 Å². The Bertz CT molecular complexity index is 364. The number of hydrogen-bond donors (Lipinski definition) is 1. The van der Waals surface area contributed by atoms with Gasteiger partial charge >= 0.3 is 0 Å². The monoisotopic (exact) mass is 231 g/mol. The first-order valence-electron chi connectivity index (χ1n) is 6.82. The number of hydrogen-bond acceptors (Lipinski definition) is 2. The second-order valence-electron chi connectivity index (χ2n) is 5.22. The lowest BCUT2D eigenvalue weighted by atomic mass is 9.81. The fraction of sp³-hybridized carbons (Fsp3) is 0.600. The van der Waals surface area contributed by atoms with Gasteiger partial charge in [-0.1, -0.05) is 37.3 Å². The summed E-state index contributed by atoms with van der Waals surface area (Å²) >= 11 is 0. The molecule has 0 radical (unpaired) electrons. The first-order chi connectivity index (χ1) is 8.38. The predicted molar refractivity (Wildman–Crippen MR) is 68.9 cm³/mol. The molecule has 4 unspecified atom stereocenters. The maximum Gasteiger partial charge on any atom is 0.0627 e. The Morgan fingerprint density at radius 1 is 1.29 bits per heavy atom. The molecular formula is C15H21NO. The van der Waals surface area contributed by atoms with Gasteiger partial charge in [0.25, 0.3) is 0 Å². The van der Waals surface area contributed by atoms with E-state index in [1.54, 1.807) is 0 Å². The van der Waals surface area contributed by atoms with Crippen LogP contribution in [0.15, 0.2) is 30.3 Å². The van der Waals surface area contributed by atoms with Crippen LogP contribution < -0.4 is 5.32 Å². The normalized spacial score (nSPS) is 32.9. The van der Waals surface area contributed by atoms with Gasteiger partial charge in [-0.2, -0.15) is 0 Å². The van der Waals surface area contributed by atoms with Crippen LogP contribution in [-0.4, -0.2) is 18.8 Å². The van der Waals surface area contributed by atoms with E-state index in [1.165, 1.54) is 24.8 Å². The van der Waals surface area contributed by atoms with Crippen molar-refractivity contribution in [3.63, 3.8) is 0 Å². The maximum absolute atomic E-state index is 5.99. The van der Waals surface area contributed by atoms with Crippen LogP contribution in [0.1, 0.15) is 37.8 Å². The van der Waals surface area contributed by atoms with Gasteiger partial charge in [-0.15, -0.1) is 0 Å². The van der Waals surface area contributed by atoms with Gasteiger partial charge in [0.1, 0.15) is 0 Å². The van der Waals surface area contributed by atoms with E-state index in [-0.39, 0.29) is 0 Å². The van der Waals surface area contributed by atoms with Crippen LogP contribution in [-0.2, 0) is 4.74 Å². The molecule has 4 atom stereocenters. The number of rotatable bonds is 4. The van der Waals surface area contributed by atoms with Crippen molar-refractivity contribution in [2.24, 2.45) is 5.92 Å². The van der Waals surface area contributed by atoms with Gasteiger partial charge in [0.15, 0.2) is 0 Å². The zero-order valence-corrected chi connectivity index (χ0v) is 10.4. The van der Waals surface area contributed by atoms with Gasteiger partial charge in [0.05, 0.1) is 12.2 Å². The van der Waals surface area contributed by atoms with Crippen LogP contribution in [0.4, 0.5) is 0 Å². The van der Waals surface area contributed by atoms with Crippen molar-refractivity contribution in [2.45, 2.75) is 44.4 Å². The molecule has 3 rings (SSSR count). The fourth-order valence-corrected chi connectivity index (χ4v) is 3.42. The number of fused-ring (bicyclic) bond motifs is 2. The molecule has 2 heteroatoms. The van der Waals surface area contributed by atoms with Crippen LogP contribution in [0.5, 0.6) is 0 Å². The SMILES string of the molecule is CCNC(c1ccccc1)C1CC2CCC1O2. The third-order valence-corrected chi connectivity index (χ3v) is 4.16. The second kappa shape index (κ2) is 4.79. The van der Waals surface area contributed by atoms with Gasteiger partial charge in [0.2, 0.25) is 0 Å². The van der Waals surface area contributed by atoms with Crippen molar-refractivity contribution in [1.29, 1.82) is 0 Å². The van der Waals surface area contributed by atoms with Crippen molar-refractivity contribution in [2.75, 3.05) is 6.54 Å². The molecule has 0 aliphatic carbocycles. The summed E-state index contributed by atoms with van der Waals surface area (Å²) in [6, 6.07) is 11.3. The molecule has 2 heterocycles. The van der Waals surface area contributed by atoms with Crippen LogP contribution in [0.25, 0.3) is 0 Å². The molecule has 1 N–H and O–H groups in total. The maximum atomic E-state index is 5.99. The summed E-state index contributed by atoms with van der Waals surface area (Å²) in [5, 5.41) is 3.65. The lowest BCUT2D eigenvalue weighted by Gasteiger charge is -2.29. The lowest BCUT2D eigenvalue weighted by molar-refractivity contribution is 0.0858. The number of benzene rings is 1. The molecule has 2 saturated heterocycles. The molecule has 92 valence electrons. The van der Waals surface area contributed by atoms with E-state index in [1.807, 2.05) is 0 Å². The van der Waals surface area contributed by atoms with Crippen molar-refractivity contribution < 1.29 is 4.74 Å². The van der Waals surface area contributed by atoms with Crippen LogP contribution in [0, 0.1) is 5.92 Å². The molecule has 0 amide bonds. The summed E-state index contributed by atoms with van der Waals surface area (Å²) in [6.07, 6.45) is 4.79. The number of ether oxygens (including phenoxy) is 1. The Hall–Kier alpha value is -0.860. The first kappa shape index (κ1) is 11.2. The third kappa shape index (κ3) is 2.12. The van der Waals surface area contributed by atoms with Crippen molar-refractivity contribution >= 4 is 0 Å². The van der Waals surface area contributed by atoms with Crippen molar-refractivity contribution in [3.8, 4) is 0 Å². The quantitative estimate of drug-likeness (QED) is 0.860. The minimum Gasteiger partial charge on any atom is -0.375 e. The third-order valence-electron chi connectivity index (χ3n) is 4.16. The van der Waals surface area contributed by atoms with Gasteiger partial charge < -0.3 is 10.1 Å².